The van der Waals surface area contributed by atoms with Crippen molar-refractivity contribution in [3.63, 3.8) is 0 Å². The Hall–Kier alpha value is -0.560. The van der Waals surface area contributed by atoms with E-state index in [9.17, 15) is 4.79 Å². The van der Waals surface area contributed by atoms with Crippen LogP contribution in [0.15, 0.2) is 12.1 Å². The van der Waals surface area contributed by atoms with Crippen LogP contribution in [0.25, 0.3) is 0 Å². The summed E-state index contributed by atoms with van der Waals surface area (Å²) < 4.78 is 7.29. The Bertz CT molecular complexity index is 380. The number of nitrogens with zero attached hydrogens (tertiary/aromatic N) is 1. The largest absolute Gasteiger partial charge is 0.302 e. The second-order valence-corrected chi connectivity index (χ2v) is 6.53. The van der Waals surface area contributed by atoms with Crippen molar-refractivity contribution in [1.29, 1.82) is 0 Å². The van der Waals surface area contributed by atoms with Crippen LogP contribution >= 0.6 is 23.6 Å². The fourth-order valence-corrected chi connectivity index (χ4v) is 3.13. The van der Waals surface area contributed by atoms with Gasteiger partial charge in [0.05, 0.1) is 6.04 Å². The summed E-state index contributed by atoms with van der Waals surface area (Å²) in [6.45, 7) is 6.24. The highest BCUT2D eigenvalue weighted by molar-refractivity contribution is 7.96. The van der Waals surface area contributed by atoms with E-state index >= 15 is 0 Å². The number of anilines is 1. The Kier molecular flexibility index (Phi) is 7.45. The summed E-state index contributed by atoms with van der Waals surface area (Å²) in [5.41, 5.74) is 2.84. The van der Waals surface area contributed by atoms with Crippen molar-refractivity contribution in [3.05, 3.63) is 17.0 Å². The normalized spacial score (nSPS) is 12.7. The number of carbonyl (C=O) groups is 1. The Morgan fingerprint density at radius 1 is 1.47 bits per heavy atom. The molecule has 1 aromatic rings. The quantitative estimate of drug-likeness (QED) is 0.327. The van der Waals surface area contributed by atoms with E-state index in [4.69, 9.17) is 4.28 Å². The van der Waals surface area contributed by atoms with E-state index in [0.717, 1.165) is 24.1 Å². The highest BCUT2D eigenvalue weighted by Crippen LogP contribution is 2.28. The van der Waals surface area contributed by atoms with Crippen molar-refractivity contribution in [2.24, 2.45) is 5.92 Å². The molecule has 0 aromatic carbocycles. The third-order valence-corrected chi connectivity index (χ3v) is 4.86. The second kappa shape index (κ2) is 8.58. The summed E-state index contributed by atoms with van der Waals surface area (Å²) in [4.78, 5) is 12.3. The van der Waals surface area contributed by atoms with Gasteiger partial charge in [-0.3, -0.25) is 4.31 Å². The number of nitrogens with one attached hydrogen (secondary N) is 1. The number of hydroxylamine groups is 1. The number of rotatable bonds is 9. The van der Waals surface area contributed by atoms with Crippen LogP contribution in [0.4, 0.5) is 5.00 Å². The van der Waals surface area contributed by atoms with Gasteiger partial charge in [0.25, 0.3) is 0 Å². The van der Waals surface area contributed by atoms with Crippen molar-refractivity contribution in [3.8, 4) is 0 Å². The fraction of sp³-hybridized carbons (Fsp3) is 0.615. The SMILES string of the molecule is CCC(CC)C(C=O)NOSN(C)c1ccc(C)s1. The highest BCUT2D eigenvalue weighted by atomic mass is 32.2. The van der Waals surface area contributed by atoms with Crippen LogP contribution in [-0.2, 0) is 9.08 Å². The van der Waals surface area contributed by atoms with Crippen LogP contribution in [0.3, 0.4) is 0 Å². The molecule has 108 valence electrons. The third kappa shape index (κ3) is 5.14. The molecule has 0 aliphatic rings. The molecule has 1 N–H and O–H groups in total. The molecule has 1 atom stereocenters. The number of thiophene rings is 1. The lowest BCUT2D eigenvalue weighted by Crippen LogP contribution is -2.36. The summed E-state index contributed by atoms with van der Waals surface area (Å²) in [5.74, 6) is 0.312. The van der Waals surface area contributed by atoms with Gasteiger partial charge in [-0.05, 0) is 25.0 Å². The van der Waals surface area contributed by atoms with Gasteiger partial charge in [0, 0.05) is 11.9 Å². The molecule has 1 rings (SSSR count). The van der Waals surface area contributed by atoms with E-state index in [1.165, 1.54) is 17.1 Å². The average molecular weight is 302 g/mol. The summed E-state index contributed by atoms with van der Waals surface area (Å²) in [7, 11) is 1.94. The number of hydrogen-bond acceptors (Lipinski definition) is 6. The first-order chi connectivity index (χ1) is 9.12. The number of carbonyl (C=O) groups excluding carboxylic acids is 1. The monoisotopic (exact) mass is 302 g/mol. The maximum absolute atomic E-state index is 11.1. The molecule has 0 aliphatic heterocycles. The molecular weight excluding hydrogens is 280 g/mol. The minimum absolute atomic E-state index is 0.249. The topological polar surface area (TPSA) is 41.6 Å². The van der Waals surface area contributed by atoms with E-state index in [2.05, 4.69) is 38.4 Å². The summed E-state index contributed by atoms with van der Waals surface area (Å²) in [5, 5.41) is 1.12. The van der Waals surface area contributed by atoms with Crippen molar-refractivity contribution < 1.29 is 9.08 Å². The maximum Gasteiger partial charge on any atom is 0.139 e. The Morgan fingerprint density at radius 2 is 2.16 bits per heavy atom. The first-order valence-corrected chi connectivity index (χ1v) is 7.98. The molecule has 0 saturated carbocycles. The van der Waals surface area contributed by atoms with Crippen molar-refractivity contribution >= 4 is 34.9 Å². The molecule has 4 nitrogen and oxygen atoms in total. The zero-order valence-corrected chi connectivity index (χ0v) is 13.5. The smallest absolute Gasteiger partial charge is 0.139 e. The zero-order chi connectivity index (χ0) is 14.3. The van der Waals surface area contributed by atoms with E-state index in [1.54, 1.807) is 11.3 Å². The van der Waals surface area contributed by atoms with Gasteiger partial charge in [-0.25, -0.2) is 4.28 Å². The van der Waals surface area contributed by atoms with Gasteiger partial charge in [-0.15, -0.1) is 11.3 Å². The van der Waals surface area contributed by atoms with Gasteiger partial charge < -0.3 is 4.79 Å². The predicted molar refractivity (Wildman–Crippen MR) is 83.2 cm³/mol. The standard InChI is InChI=1S/C13H22N2O2S2/c1-5-11(6-2)12(9-16)14-17-19-15(4)13-8-7-10(3)18-13/h7-9,11-12,14H,5-6H2,1-4H3. The van der Waals surface area contributed by atoms with Crippen LogP contribution in [0.2, 0.25) is 0 Å². The molecule has 1 unspecified atom stereocenters. The summed E-state index contributed by atoms with van der Waals surface area (Å²) in [6, 6.07) is 3.87. The van der Waals surface area contributed by atoms with Gasteiger partial charge in [-0.2, -0.15) is 5.48 Å². The maximum atomic E-state index is 11.1. The van der Waals surface area contributed by atoms with E-state index in [-0.39, 0.29) is 6.04 Å². The van der Waals surface area contributed by atoms with Crippen LogP contribution in [0.1, 0.15) is 31.6 Å². The highest BCUT2D eigenvalue weighted by Gasteiger charge is 2.18. The van der Waals surface area contributed by atoms with Gasteiger partial charge >= 0.3 is 0 Å². The molecule has 0 bridgehead atoms. The Morgan fingerprint density at radius 3 is 2.63 bits per heavy atom. The lowest BCUT2D eigenvalue weighted by Gasteiger charge is -2.21. The first-order valence-electron chi connectivity index (χ1n) is 6.46. The van der Waals surface area contributed by atoms with Crippen LogP contribution in [-0.4, -0.2) is 19.4 Å². The molecule has 0 saturated heterocycles. The Balaban J connectivity index is 2.38. The van der Waals surface area contributed by atoms with Gasteiger partial charge in [-0.1, -0.05) is 26.7 Å². The fourth-order valence-electron chi connectivity index (χ4n) is 1.79. The Labute approximate surface area is 123 Å². The van der Waals surface area contributed by atoms with Gasteiger partial charge in [0.2, 0.25) is 0 Å². The zero-order valence-electron chi connectivity index (χ0n) is 11.9. The molecule has 1 heterocycles. The van der Waals surface area contributed by atoms with Crippen molar-refractivity contribution in [2.45, 2.75) is 39.7 Å². The second-order valence-electron chi connectivity index (χ2n) is 4.40. The molecule has 19 heavy (non-hydrogen) atoms. The van der Waals surface area contributed by atoms with Crippen molar-refractivity contribution in [1.82, 2.24) is 5.48 Å². The predicted octanol–water partition coefficient (Wildman–Crippen LogP) is 3.58. The molecule has 6 heteroatoms. The lowest BCUT2D eigenvalue weighted by molar-refractivity contribution is -0.112. The molecule has 0 spiro atoms. The van der Waals surface area contributed by atoms with Gasteiger partial charge in [0.1, 0.15) is 23.5 Å². The van der Waals surface area contributed by atoms with E-state index in [0.29, 0.717) is 5.92 Å². The van der Waals surface area contributed by atoms with Crippen LogP contribution < -0.4 is 9.79 Å². The molecular formula is C13H22N2O2S2. The summed E-state index contributed by atoms with van der Waals surface area (Å²) >= 11 is 2.90. The lowest BCUT2D eigenvalue weighted by atomic mass is 9.96. The van der Waals surface area contributed by atoms with Crippen LogP contribution in [0.5, 0.6) is 0 Å². The van der Waals surface area contributed by atoms with Gasteiger partial charge in [0.15, 0.2) is 0 Å². The molecule has 1 aromatic heterocycles. The van der Waals surface area contributed by atoms with E-state index < -0.39 is 0 Å². The van der Waals surface area contributed by atoms with Crippen LogP contribution in [0, 0.1) is 12.8 Å². The minimum Gasteiger partial charge on any atom is -0.302 e. The summed E-state index contributed by atoms with van der Waals surface area (Å²) in [6.07, 6.45) is 2.84. The molecule has 0 amide bonds. The molecule has 0 fully saturated rings. The number of aryl methyl sites for hydroxylation is 1. The minimum atomic E-state index is -0.249. The molecule has 0 radical (unpaired) electrons. The third-order valence-electron chi connectivity index (χ3n) is 3.07. The molecule has 0 aliphatic carbocycles. The number of hydrogen-bond donors (Lipinski definition) is 1. The van der Waals surface area contributed by atoms with E-state index in [1.807, 2.05) is 11.4 Å². The first kappa shape index (κ1) is 16.5. The number of aldehydes is 1. The van der Waals surface area contributed by atoms with Crippen molar-refractivity contribution in [2.75, 3.05) is 11.4 Å². The average Bonchev–Trinajstić information content (AvgIpc) is 2.84.